The number of carboxylic acids is 2. The molecule has 0 saturated heterocycles. The molecule has 1 atom stereocenters. The average Bonchev–Trinajstić information content (AvgIpc) is 1.83. The zero-order chi connectivity index (χ0) is 11.0. The molecule has 0 amide bonds. The third-order valence-corrected chi connectivity index (χ3v) is 0.653. The fourth-order valence-corrected chi connectivity index (χ4v) is 0.253. The van der Waals surface area contributed by atoms with Gasteiger partial charge < -0.3 is 25.5 Å². The van der Waals surface area contributed by atoms with E-state index in [9.17, 15) is 9.59 Å². The average molecular weight is 220 g/mol. The van der Waals surface area contributed by atoms with Gasteiger partial charge in [-0.2, -0.15) is 0 Å². The molecule has 0 fully saturated rings. The van der Waals surface area contributed by atoms with Crippen LogP contribution in [0.25, 0.3) is 0 Å². The van der Waals surface area contributed by atoms with Crippen LogP contribution in [0.4, 0.5) is 4.79 Å². The maximum absolute atomic E-state index is 9.72. The Labute approximate surface area is 100 Å². The van der Waals surface area contributed by atoms with E-state index in [1.54, 1.807) is 0 Å². The van der Waals surface area contributed by atoms with Crippen LogP contribution in [-0.4, -0.2) is 79.3 Å². The summed E-state index contributed by atoms with van der Waals surface area (Å²) in [6.07, 6.45) is -4.38. The van der Waals surface area contributed by atoms with Crippen LogP contribution < -0.4 is 0 Å². The standard InChI is InChI=1S/C4H6O5.CH2O3.Na.H/c5-2(4(8)9)1-3(6)7;2-1(3)4;;/h2,5H,1H2,(H,6,7)(H,8,9);(H2,2,3,4);;. The molecule has 5 N–H and O–H groups in total. The zero-order valence-electron chi connectivity index (χ0n) is 6.25. The molecule has 0 rings (SSSR count). The van der Waals surface area contributed by atoms with Gasteiger partial charge in [0.2, 0.25) is 0 Å². The topological polar surface area (TPSA) is 152 Å². The van der Waals surface area contributed by atoms with Crippen LogP contribution in [0.2, 0.25) is 0 Å². The van der Waals surface area contributed by atoms with E-state index in [0.717, 1.165) is 0 Å². The van der Waals surface area contributed by atoms with E-state index in [1.807, 2.05) is 0 Å². The van der Waals surface area contributed by atoms with Crippen LogP contribution in [-0.2, 0) is 9.59 Å². The van der Waals surface area contributed by atoms with Crippen molar-refractivity contribution in [1.82, 2.24) is 0 Å². The van der Waals surface area contributed by atoms with Crippen molar-refractivity contribution in [2.75, 3.05) is 0 Å². The van der Waals surface area contributed by atoms with Gasteiger partial charge in [-0.1, -0.05) is 0 Å². The van der Waals surface area contributed by atoms with Gasteiger partial charge in [-0.3, -0.25) is 4.79 Å². The summed E-state index contributed by atoms with van der Waals surface area (Å²) in [5, 5.41) is 38.1. The summed E-state index contributed by atoms with van der Waals surface area (Å²) in [4.78, 5) is 28.0. The first-order valence-electron chi connectivity index (χ1n) is 2.82. The summed E-state index contributed by atoms with van der Waals surface area (Å²) in [7, 11) is 0. The number of hydrogen-bond donors (Lipinski definition) is 5. The normalized spacial score (nSPS) is 9.79. The summed E-state index contributed by atoms with van der Waals surface area (Å²) < 4.78 is 0. The molecule has 0 aliphatic rings. The van der Waals surface area contributed by atoms with Crippen LogP contribution in [0.3, 0.4) is 0 Å². The Bertz CT molecular complexity index is 198. The molecule has 0 spiro atoms. The molecular formula is C5H9NaO8. The molecule has 9 heteroatoms. The number of rotatable bonds is 3. The van der Waals surface area contributed by atoms with Gasteiger partial charge in [0.15, 0.2) is 6.10 Å². The van der Waals surface area contributed by atoms with Gasteiger partial charge in [0.05, 0.1) is 6.42 Å². The first-order chi connectivity index (χ1) is 5.77. The number of hydrogen-bond acceptors (Lipinski definition) is 4. The summed E-state index contributed by atoms with van der Waals surface area (Å²) in [6, 6.07) is 0. The van der Waals surface area contributed by atoms with E-state index in [-0.39, 0.29) is 29.6 Å². The predicted molar refractivity (Wildman–Crippen MR) is 43.7 cm³/mol. The van der Waals surface area contributed by atoms with Crippen molar-refractivity contribution in [3.05, 3.63) is 0 Å². The van der Waals surface area contributed by atoms with E-state index in [0.29, 0.717) is 0 Å². The van der Waals surface area contributed by atoms with Crippen LogP contribution in [0.15, 0.2) is 0 Å². The van der Waals surface area contributed by atoms with Gasteiger partial charge in [-0.25, -0.2) is 9.59 Å². The Balaban J connectivity index is -0.000000209. The van der Waals surface area contributed by atoms with Crippen molar-refractivity contribution >= 4 is 47.7 Å². The van der Waals surface area contributed by atoms with Gasteiger partial charge in [-0.05, 0) is 0 Å². The monoisotopic (exact) mass is 220 g/mol. The SMILES string of the molecule is O=C(O)CC(O)C(=O)O.O=C(O)O.[NaH]. The van der Waals surface area contributed by atoms with Crippen LogP contribution >= 0.6 is 0 Å². The summed E-state index contributed by atoms with van der Waals surface area (Å²) >= 11 is 0. The Kier molecular flexibility index (Phi) is 13.8. The molecule has 0 heterocycles. The van der Waals surface area contributed by atoms with Crippen molar-refractivity contribution in [2.45, 2.75) is 12.5 Å². The second kappa shape index (κ2) is 10.3. The van der Waals surface area contributed by atoms with Gasteiger partial charge in [0.25, 0.3) is 0 Å². The molecule has 0 bridgehead atoms. The molecular weight excluding hydrogens is 211 g/mol. The van der Waals surface area contributed by atoms with Gasteiger partial charge in [-0.15, -0.1) is 0 Å². The second-order valence-corrected chi connectivity index (χ2v) is 1.73. The van der Waals surface area contributed by atoms with Crippen molar-refractivity contribution in [3.8, 4) is 0 Å². The number of aliphatic hydroxyl groups is 1. The Hall–Kier alpha value is -0.830. The number of carboxylic acid groups (broad SMARTS) is 4. The van der Waals surface area contributed by atoms with Gasteiger partial charge >= 0.3 is 47.7 Å². The molecule has 0 aromatic rings. The number of carbonyl (C=O) groups is 3. The fourth-order valence-electron chi connectivity index (χ4n) is 0.253. The molecule has 0 aliphatic heterocycles. The van der Waals surface area contributed by atoms with E-state index < -0.39 is 30.6 Å². The minimum atomic E-state index is -1.83. The third-order valence-electron chi connectivity index (χ3n) is 0.653. The quantitative estimate of drug-likeness (QED) is 0.359. The minimum absolute atomic E-state index is 0. The van der Waals surface area contributed by atoms with Crippen molar-refractivity contribution in [3.63, 3.8) is 0 Å². The van der Waals surface area contributed by atoms with Gasteiger partial charge in [0, 0.05) is 0 Å². The Morgan fingerprint density at radius 3 is 1.36 bits per heavy atom. The van der Waals surface area contributed by atoms with Crippen molar-refractivity contribution in [2.24, 2.45) is 0 Å². The Morgan fingerprint density at radius 1 is 1.00 bits per heavy atom. The van der Waals surface area contributed by atoms with E-state index in [4.69, 9.17) is 30.3 Å². The van der Waals surface area contributed by atoms with Crippen molar-refractivity contribution < 1.29 is 39.9 Å². The first kappa shape index (κ1) is 18.9. The summed E-state index contributed by atoms with van der Waals surface area (Å²) in [5.74, 6) is -2.85. The van der Waals surface area contributed by atoms with Gasteiger partial charge in [0.1, 0.15) is 0 Å². The molecule has 0 aromatic carbocycles. The molecule has 14 heavy (non-hydrogen) atoms. The summed E-state index contributed by atoms with van der Waals surface area (Å²) in [6.45, 7) is 0. The number of aliphatic carboxylic acids is 2. The number of aliphatic hydroxyl groups excluding tert-OH is 1. The summed E-state index contributed by atoms with van der Waals surface area (Å²) in [5.41, 5.74) is 0. The second-order valence-electron chi connectivity index (χ2n) is 1.73. The van der Waals surface area contributed by atoms with E-state index in [2.05, 4.69) is 0 Å². The molecule has 0 aliphatic carbocycles. The fraction of sp³-hybridized carbons (Fsp3) is 0.400. The van der Waals surface area contributed by atoms with E-state index in [1.165, 1.54) is 0 Å². The molecule has 8 nitrogen and oxygen atoms in total. The zero-order valence-corrected chi connectivity index (χ0v) is 6.25. The third kappa shape index (κ3) is 22.5. The van der Waals surface area contributed by atoms with Crippen LogP contribution in [0, 0.1) is 0 Å². The van der Waals surface area contributed by atoms with Crippen LogP contribution in [0.1, 0.15) is 6.42 Å². The van der Waals surface area contributed by atoms with Crippen LogP contribution in [0.5, 0.6) is 0 Å². The molecule has 0 saturated carbocycles. The van der Waals surface area contributed by atoms with E-state index >= 15 is 0 Å². The first-order valence-corrected chi connectivity index (χ1v) is 2.82. The van der Waals surface area contributed by atoms with Crippen molar-refractivity contribution in [1.29, 1.82) is 0 Å². The molecule has 78 valence electrons. The molecule has 0 aromatic heterocycles. The predicted octanol–water partition coefficient (Wildman–Crippen LogP) is -1.52. The maximum atomic E-state index is 9.72. The Morgan fingerprint density at radius 2 is 1.29 bits per heavy atom. The molecule has 0 radical (unpaired) electrons. The molecule has 1 unspecified atom stereocenters.